The molecule has 0 fully saturated rings. The Morgan fingerprint density at radius 2 is 1.37 bits per heavy atom. The summed E-state index contributed by atoms with van der Waals surface area (Å²) >= 11 is 0. The number of hydrogen-bond acceptors (Lipinski definition) is 5. The van der Waals surface area contributed by atoms with Crippen LogP contribution >= 0.6 is 0 Å². The van der Waals surface area contributed by atoms with Gasteiger partial charge in [0.15, 0.2) is 6.79 Å². The van der Waals surface area contributed by atoms with Gasteiger partial charge in [0.2, 0.25) is 0 Å². The molecule has 5 heteroatoms. The highest BCUT2D eigenvalue weighted by Crippen LogP contribution is 2.18. The molecule has 0 aliphatic heterocycles. The van der Waals surface area contributed by atoms with Crippen molar-refractivity contribution in [1.82, 2.24) is 0 Å². The molecule has 0 bridgehead atoms. The number of unbranched alkanes of at least 4 members (excludes halogenated alkanes) is 5. The molecule has 0 radical (unpaired) electrons. The van der Waals surface area contributed by atoms with Gasteiger partial charge < -0.3 is 24.3 Å². The second kappa shape index (κ2) is 15.6. The van der Waals surface area contributed by atoms with E-state index in [1.54, 1.807) is 7.11 Å². The number of ether oxygens (including phenoxy) is 4. The molecule has 0 aliphatic carbocycles. The van der Waals surface area contributed by atoms with Crippen LogP contribution in [0.2, 0.25) is 0 Å². The van der Waals surface area contributed by atoms with E-state index in [9.17, 15) is 0 Å². The molecule has 0 unspecified atom stereocenters. The molecule has 0 amide bonds. The molecule has 2 aromatic rings. The zero-order valence-electron chi connectivity index (χ0n) is 18.5. The van der Waals surface area contributed by atoms with Crippen LogP contribution in [0.25, 0.3) is 0 Å². The van der Waals surface area contributed by atoms with E-state index in [1.807, 2.05) is 24.3 Å². The molecule has 0 aliphatic rings. The number of benzene rings is 2. The SMILES string of the molecule is CCCCCCCCOc1ccc(CNc2ccc(OCOCCOC)cc2)cc1. The Morgan fingerprint density at radius 3 is 2.10 bits per heavy atom. The Balaban J connectivity index is 1.61. The van der Waals surface area contributed by atoms with Crippen LogP contribution in [-0.4, -0.2) is 33.7 Å². The Kier molecular flexibility index (Phi) is 12.5. The third-order valence-corrected chi connectivity index (χ3v) is 4.78. The highest BCUT2D eigenvalue weighted by molar-refractivity contribution is 5.47. The van der Waals surface area contributed by atoms with E-state index in [2.05, 4.69) is 36.5 Å². The van der Waals surface area contributed by atoms with Crippen molar-refractivity contribution < 1.29 is 18.9 Å². The maximum atomic E-state index is 5.85. The summed E-state index contributed by atoms with van der Waals surface area (Å²) in [6, 6.07) is 16.2. The minimum Gasteiger partial charge on any atom is -0.494 e. The standard InChI is InChI=1S/C25H37NO4/c1-3-4-5-6-7-8-17-29-24-13-9-22(10-14-24)20-26-23-11-15-25(16-12-23)30-21-28-19-18-27-2/h9-16,26H,3-8,17-21H2,1-2H3. The molecular weight excluding hydrogens is 378 g/mol. The maximum Gasteiger partial charge on any atom is 0.189 e. The van der Waals surface area contributed by atoms with E-state index >= 15 is 0 Å². The molecule has 0 spiro atoms. The molecule has 2 rings (SSSR count). The van der Waals surface area contributed by atoms with E-state index in [-0.39, 0.29) is 6.79 Å². The summed E-state index contributed by atoms with van der Waals surface area (Å²) in [5.41, 5.74) is 2.26. The molecule has 0 atom stereocenters. The predicted octanol–water partition coefficient (Wildman–Crippen LogP) is 6.04. The third-order valence-electron chi connectivity index (χ3n) is 4.78. The van der Waals surface area contributed by atoms with E-state index in [0.717, 1.165) is 36.8 Å². The first-order chi connectivity index (χ1) is 14.8. The first-order valence-corrected chi connectivity index (χ1v) is 11.1. The number of hydrogen-bond donors (Lipinski definition) is 1. The van der Waals surface area contributed by atoms with Crippen LogP contribution in [0.5, 0.6) is 11.5 Å². The number of rotatable bonds is 17. The fourth-order valence-electron chi connectivity index (χ4n) is 2.96. The van der Waals surface area contributed by atoms with Gasteiger partial charge in [0.1, 0.15) is 11.5 Å². The van der Waals surface area contributed by atoms with Crippen molar-refractivity contribution in [2.45, 2.75) is 52.0 Å². The Bertz CT molecular complexity index is 658. The third kappa shape index (κ3) is 10.5. The molecule has 0 saturated carbocycles. The lowest BCUT2D eigenvalue weighted by molar-refractivity contribution is -0.00846. The largest absolute Gasteiger partial charge is 0.494 e. The van der Waals surface area contributed by atoms with E-state index in [0.29, 0.717) is 13.2 Å². The number of nitrogens with one attached hydrogen (secondary N) is 1. The normalized spacial score (nSPS) is 10.7. The average molecular weight is 416 g/mol. The van der Waals surface area contributed by atoms with Crippen molar-refractivity contribution in [3.8, 4) is 11.5 Å². The second-order valence-electron chi connectivity index (χ2n) is 7.30. The molecule has 0 saturated heterocycles. The molecule has 0 heterocycles. The van der Waals surface area contributed by atoms with Gasteiger partial charge >= 0.3 is 0 Å². The smallest absolute Gasteiger partial charge is 0.189 e. The summed E-state index contributed by atoms with van der Waals surface area (Å²) in [7, 11) is 1.65. The molecular formula is C25H37NO4. The van der Waals surface area contributed by atoms with Gasteiger partial charge in [-0.25, -0.2) is 0 Å². The average Bonchev–Trinajstić information content (AvgIpc) is 2.78. The van der Waals surface area contributed by atoms with Crippen LogP contribution in [0.4, 0.5) is 5.69 Å². The summed E-state index contributed by atoms with van der Waals surface area (Å²) in [5.74, 6) is 1.73. The van der Waals surface area contributed by atoms with Crippen LogP contribution < -0.4 is 14.8 Å². The molecule has 1 N–H and O–H groups in total. The first-order valence-electron chi connectivity index (χ1n) is 11.1. The van der Waals surface area contributed by atoms with Gasteiger partial charge in [-0.3, -0.25) is 0 Å². The Morgan fingerprint density at radius 1 is 0.700 bits per heavy atom. The van der Waals surface area contributed by atoms with Gasteiger partial charge in [0.05, 0.1) is 19.8 Å². The van der Waals surface area contributed by atoms with Gasteiger partial charge in [0, 0.05) is 19.3 Å². The Labute approximate surface area is 181 Å². The summed E-state index contributed by atoms with van der Waals surface area (Å²) in [4.78, 5) is 0. The highest BCUT2D eigenvalue weighted by Gasteiger charge is 1.99. The fourth-order valence-corrected chi connectivity index (χ4v) is 2.96. The highest BCUT2D eigenvalue weighted by atomic mass is 16.7. The van der Waals surface area contributed by atoms with Gasteiger partial charge in [-0.2, -0.15) is 0 Å². The summed E-state index contributed by atoms with van der Waals surface area (Å²) in [6.45, 7) is 5.13. The molecule has 30 heavy (non-hydrogen) atoms. The minimum absolute atomic E-state index is 0.226. The lowest BCUT2D eigenvalue weighted by Gasteiger charge is -2.10. The fraction of sp³-hybridized carbons (Fsp3) is 0.520. The van der Waals surface area contributed by atoms with Crippen molar-refractivity contribution in [2.75, 3.05) is 39.0 Å². The van der Waals surface area contributed by atoms with E-state index in [4.69, 9.17) is 18.9 Å². The van der Waals surface area contributed by atoms with Crippen LogP contribution in [0.15, 0.2) is 48.5 Å². The van der Waals surface area contributed by atoms with E-state index < -0.39 is 0 Å². The van der Waals surface area contributed by atoms with Crippen LogP contribution in [0.3, 0.4) is 0 Å². The first kappa shape index (κ1) is 24.0. The van der Waals surface area contributed by atoms with Gasteiger partial charge in [-0.15, -0.1) is 0 Å². The molecule has 2 aromatic carbocycles. The van der Waals surface area contributed by atoms with Crippen LogP contribution in [0.1, 0.15) is 51.0 Å². The van der Waals surface area contributed by atoms with Gasteiger partial charge in [-0.1, -0.05) is 51.2 Å². The molecule has 5 nitrogen and oxygen atoms in total. The van der Waals surface area contributed by atoms with Crippen molar-refractivity contribution in [3.05, 3.63) is 54.1 Å². The number of methoxy groups -OCH3 is 1. The summed E-state index contributed by atoms with van der Waals surface area (Å²) in [5, 5.41) is 3.42. The van der Waals surface area contributed by atoms with Crippen LogP contribution in [0, 0.1) is 0 Å². The lowest BCUT2D eigenvalue weighted by atomic mass is 10.1. The summed E-state index contributed by atoms with van der Waals surface area (Å²) < 4.78 is 21.6. The molecule has 0 aromatic heterocycles. The van der Waals surface area contributed by atoms with Crippen molar-refractivity contribution in [3.63, 3.8) is 0 Å². The zero-order chi connectivity index (χ0) is 21.3. The lowest BCUT2D eigenvalue weighted by Crippen LogP contribution is -2.07. The van der Waals surface area contributed by atoms with Crippen molar-refractivity contribution in [2.24, 2.45) is 0 Å². The number of anilines is 1. The molecule has 166 valence electrons. The zero-order valence-corrected chi connectivity index (χ0v) is 18.5. The summed E-state index contributed by atoms with van der Waals surface area (Å²) in [6.07, 6.45) is 7.69. The van der Waals surface area contributed by atoms with Gasteiger partial charge in [0.25, 0.3) is 0 Å². The Hall–Kier alpha value is -2.24. The predicted molar refractivity (Wildman–Crippen MR) is 122 cm³/mol. The minimum atomic E-state index is 0.226. The van der Waals surface area contributed by atoms with E-state index in [1.165, 1.54) is 37.7 Å². The van der Waals surface area contributed by atoms with Gasteiger partial charge in [-0.05, 0) is 48.4 Å². The van der Waals surface area contributed by atoms with Crippen molar-refractivity contribution >= 4 is 5.69 Å². The maximum absolute atomic E-state index is 5.85. The van der Waals surface area contributed by atoms with Crippen molar-refractivity contribution in [1.29, 1.82) is 0 Å². The quantitative estimate of drug-likeness (QED) is 0.252. The topological polar surface area (TPSA) is 49.0 Å². The van der Waals surface area contributed by atoms with Crippen LogP contribution in [-0.2, 0) is 16.0 Å². The second-order valence-corrected chi connectivity index (χ2v) is 7.30. The monoisotopic (exact) mass is 415 g/mol.